The number of halogens is 3. The first-order valence-corrected chi connectivity index (χ1v) is 11.7. The van der Waals surface area contributed by atoms with Gasteiger partial charge in [0.05, 0.1) is 35.4 Å². The molecule has 0 spiro atoms. The highest BCUT2D eigenvalue weighted by Crippen LogP contribution is 2.23. The van der Waals surface area contributed by atoms with Gasteiger partial charge in [0.2, 0.25) is 10.0 Å². The summed E-state index contributed by atoms with van der Waals surface area (Å²) < 4.78 is 73.4. The van der Waals surface area contributed by atoms with Crippen molar-refractivity contribution in [2.45, 2.75) is 42.4 Å². The van der Waals surface area contributed by atoms with Crippen LogP contribution in [-0.2, 0) is 14.8 Å². The number of carbonyl (C=O) groups excluding carboxylic acids is 1. The van der Waals surface area contributed by atoms with Crippen LogP contribution in [0.1, 0.15) is 19.3 Å². The Morgan fingerprint density at radius 3 is 2.58 bits per heavy atom. The number of ether oxygens (including phenoxy) is 1. The van der Waals surface area contributed by atoms with Crippen molar-refractivity contribution in [3.05, 3.63) is 59.9 Å². The quantitative estimate of drug-likeness (QED) is 0.457. The fraction of sp³-hybridized carbons (Fsp3) is 0.381. The lowest BCUT2D eigenvalue weighted by Gasteiger charge is -2.36. The fourth-order valence-corrected chi connectivity index (χ4v) is 4.82. The SMILES string of the molecule is O=C(NCC[C@H]1CC[C@H](NS(=O)(=O)c2cccc(F)c2)[C@@H](CO)O1)Nc1cc(F)ccc1F. The fourth-order valence-electron chi connectivity index (χ4n) is 3.49. The lowest BCUT2D eigenvalue weighted by molar-refractivity contribution is -0.0871. The van der Waals surface area contributed by atoms with Gasteiger partial charge in [0, 0.05) is 12.6 Å². The number of rotatable bonds is 8. The van der Waals surface area contributed by atoms with Crippen molar-refractivity contribution in [2.24, 2.45) is 0 Å². The average Bonchev–Trinajstić information content (AvgIpc) is 2.77. The predicted molar refractivity (Wildman–Crippen MR) is 113 cm³/mol. The van der Waals surface area contributed by atoms with Crippen LogP contribution in [0.4, 0.5) is 23.7 Å². The van der Waals surface area contributed by atoms with Gasteiger partial charge in [0.1, 0.15) is 17.5 Å². The first kappa shape index (κ1) is 25.0. The number of benzene rings is 2. The molecule has 0 radical (unpaired) electrons. The van der Waals surface area contributed by atoms with Crippen LogP contribution in [-0.4, -0.2) is 51.0 Å². The third kappa shape index (κ3) is 6.90. The second-order valence-corrected chi connectivity index (χ2v) is 9.25. The molecule has 180 valence electrons. The van der Waals surface area contributed by atoms with Crippen LogP contribution >= 0.6 is 0 Å². The molecule has 3 atom stereocenters. The maximum absolute atomic E-state index is 13.6. The molecule has 0 aliphatic carbocycles. The van der Waals surface area contributed by atoms with Crippen molar-refractivity contribution >= 4 is 21.7 Å². The molecule has 4 N–H and O–H groups in total. The van der Waals surface area contributed by atoms with Gasteiger partial charge in [-0.3, -0.25) is 0 Å². The average molecular weight is 488 g/mol. The summed E-state index contributed by atoms with van der Waals surface area (Å²) in [5, 5.41) is 14.4. The molecule has 1 fully saturated rings. The van der Waals surface area contributed by atoms with Crippen LogP contribution in [0.3, 0.4) is 0 Å². The van der Waals surface area contributed by atoms with Crippen LogP contribution in [0, 0.1) is 17.5 Å². The largest absolute Gasteiger partial charge is 0.394 e. The third-order valence-electron chi connectivity index (χ3n) is 5.14. The van der Waals surface area contributed by atoms with E-state index in [2.05, 4.69) is 15.4 Å². The lowest BCUT2D eigenvalue weighted by atomic mass is 9.98. The number of hydrogen-bond acceptors (Lipinski definition) is 5. The summed E-state index contributed by atoms with van der Waals surface area (Å²) in [6, 6.07) is 5.82. The molecule has 8 nitrogen and oxygen atoms in total. The van der Waals surface area contributed by atoms with Gasteiger partial charge >= 0.3 is 6.03 Å². The zero-order chi connectivity index (χ0) is 24.0. The molecule has 2 aromatic carbocycles. The monoisotopic (exact) mass is 487 g/mol. The van der Waals surface area contributed by atoms with E-state index in [0.717, 1.165) is 30.3 Å². The molecule has 12 heteroatoms. The second kappa shape index (κ2) is 11.0. The van der Waals surface area contributed by atoms with Crippen LogP contribution < -0.4 is 15.4 Å². The number of amides is 2. The Morgan fingerprint density at radius 1 is 1.09 bits per heavy atom. The molecule has 2 amide bonds. The molecular weight excluding hydrogens is 463 g/mol. The summed E-state index contributed by atoms with van der Waals surface area (Å²) in [5.41, 5.74) is -0.296. The van der Waals surface area contributed by atoms with Crippen molar-refractivity contribution in [3.63, 3.8) is 0 Å². The maximum atomic E-state index is 13.6. The predicted octanol–water partition coefficient (Wildman–Crippen LogP) is 2.50. The summed E-state index contributed by atoms with van der Waals surface area (Å²) >= 11 is 0. The maximum Gasteiger partial charge on any atom is 0.319 e. The van der Waals surface area contributed by atoms with Gasteiger partial charge in [-0.25, -0.2) is 31.1 Å². The zero-order valence-corrected chi connectivity index (χ0v) is 18.2. The van der Waals surface area contributed by atoms with E-state index in [1.54, 1.807) is 0 Å². The van der Waals surface area contributed by atoms with Crippen molar-refractivity contribution in [1.29, 1.82) is 0 Å². The van der Waals surface area contributed by atoms with E-state index in [0.29, 0.717) is 19.3 Å². The smallest absolute Gasteiger partial charge is 0.319 e. The lowest BCUT2D eigenvalue weighted by Crippen LogP contribution is -2.51. The summed E-state index contributed by atoms with van der Waals surface area (Å²) in [7, 11) is -4.01. The van der Waals surface area contributed by atoms with E-state index < -0.39 is 52.3 Å². The van der Waals surface area contributed by atoms with Crippen LogP contribution in [0.25, 0.3) is 0 Å². The molecule has 1 heterocycles. The Morgan fingerprint density at radius 2 is 1.85 bits per heavy atom. The van der Waals surface area contributed by atoms with E-state index in [-0.39, 0.29) is 23.2 Å². The summed E-state index contributed by atoms with van der Waals surface area (Å²) in [5.74, 6) is -2.16. The van der Waals surface area contributed by atoms with E-state index in [1.807, 2.05) is 0 Å². The molecule has 1 aliphatic rings. The summed E-state index contributed by atoms with van der Waals surface area (Å²) in [6.07, 6.45) is -0.0655. The number of carbonyl (C=O) groups is 1. The van der Waals surface area contributed by atoms with E-state index >= 15 is 0 Å². The van der Waals surface area contributed by atoms with E-state index in [9.17, 15) is 31.5 Å². The zero-order valence-electron chi connectivity index (χ0n) is 17.4. The number of urea groups is 1. The molecule has 0 aromatic heterocycles. The van der Waals surface area contributed by atoms with Gasteiger partial charge in [-0.05, 0) is 49.6 Å². The second-order valence-electron chi connectivity index (χ2n) is 7.54. The highest BCUT2D eigenvalue weighted by Gasteiger charge is 2.34. The highest BCUT2D eigenvalue weighted by atomic mass is 32.2. The highest BCUT2D eigenvalue weighted by molar-refractivity contribution is 7.89. The molecule has 0 unspecified atom stereocenters. The van der Waals surface area contributed by atoms with Gasteiger partial charge in [-0.1, -0.05) is 6.07 Å². The molecule has 0 saturated carbocycles. The first-order valence-electron chi connectivity index (χ1n) is 10.2. The molecule has 1 aliphatic heterocycles. The number of nitrogens with one attached hydrogen (secondary N) is 3. The normalized spacial score (nSPS) is 20.9. The number of sulfonamides is 1. The third-order valence-corrected chi connectivity index (χ3v) is 6.62. The number of aliphatic hydroxyl groups is 1. The molecule has 1 saturated heterocycles. The topological polar surface area (TPSA) is 117 Å². The van der Waals surface area contributed by atoms with Gasteiger partial charge in [-0.2, -0.15) is 0 Å². The Hall–Kier alpha value is -2.67. The minimum atomic E-state index is -4.01. The molecule has 0 bridgehead atoms. The van der Waals surface area contributed by atoms with E-state index in [1.165, 1.54) is 12.1 Å². The van der Waals surface area contributed by atoms with Crippen LogP contribution in [0.15, 0.2) is 47.4 Å². The summed E-state index contributed by atoms with van der Waals surface area (Å²) in [6.45, 7) is -0.301. The Bertz CT molecular complexity index is 1090. The summed E-state index contributed by atoms with van der Waals surface area (Å²) in [4.78, 5) is 11.7. The number of aliphatic hydroxyl groups excluding tert-OH is 1. The van der Waals surface area contributed by atoms with Crippen molar-refractivity contribution < 1.29 is 36.2 Å². The molecular formula is C21H24F3N3O5S. The van der Waals surface area contributed by atoms with Gasteiger partial charge < -0.3 is 20.5 Å². The Labute approximate surface area is 189 Å². The van der Waals surface area contributed by atoms with Crippen molar-refractivity contribution in [3.8, 4) is 0 Å². The number of hydrogen-bond donors (Lipinski definition) is 4. The van der Waals surface area contributed by atoms with Crippen molar-refractivity contribution in [1.82, 2.24) is 10.0 Å². The standard InChI is InChI=1S/C21H24F3N3O5S/c22-13-2-1-3-16(10-13)33(30,31)27-18-7-5-15(32-20(18)12-28)8-9-25-21(29)26-19-11-14(23)4-6-17(19)24/h1-4,6,10-11,15,18,20,27-28H,5,7-9,12H2,(H2,25,26,29)/t15-,18+,20-/m1/s1. The van der Waals surface area contributed by atoms with Gasteiger partial charge in [-0.15, -0.1) is 0 Å². The Kier molecular flexibility index (Phi) is 8.30. The minimum Gasteiger partial charge on any atom is -0.394 e. The van der Waals surface area contributed by atoms with Crippen LogP contribution in [0.2, 0.25) is 0 Å². The van der Waals surface area contributed by atoms with Gasteiger partial charge in [0.15, 0.2) is 0 Å². The van der Waals surface area contributed by atoms with Crippen LogP contribution in [0.5, 0.6) is 0 Å². The van der Waals surface area contributed by atoms with Gasteiger partial charge in [0.25, 0.3) is 0 Å². The number of anilines is 1. The minimum absolute atomic E-state index is 0.144. The first-order chi connectivity index (χ1) is 15.7. The molecule has 2 aromatic rings. The molecule has 33 heavy (non-hydrogen) atoms. The van der Waals surface area contributed by atoms with E-state index in [4.69, 9.17) is 4.74 Å². The molecule has 3 rings (SSSR count). The Balaban J connectivity index is 1.48. The van der Waals surface area contributed by atoms with Crippen molar-refractivity contribution in [2.75, 3.05) is 18.5 Å².